The Hall–Kier alpha value is -2.37. The van der Waals surface area contributed by atoms with Crippen molar-refractivity contribution in [2.75, 3.05) is 6.54 Å². The molecule has 214 valence electrons. The molecule has 2 N–H and O–H groups in total. The number of rotatable bonds is 10. The molecule has 1 atom stereocenters. The summed E-state index contributed by atoms with van der Waals surface area (Å²) in [6.45, 7) is 6.43. The fourth-order valence-electron chi connectivity index (χ4n) is 7.91. The molecule has 3 fully saturated rings. The Morgan fingerprint density at radius 3 is 1.92 bits per heavy atom. The number of likely N-dealkylation sites (tertiary alicyclic amines) is 1. The van der Waals surface area contributed by atoms with Gasteiger partial charge in [-0.15, -0.1) is 0 Å². The van der Waals surface area contributed by atoms with E-state index in [0.717, 1.165) is 36.9 Å². The predicted molar refractivity (Wildman–Crippen MR) is 157 cm³/mol. The van der Waals surface area contributed by atoms with E-state index in [0.29, 0.717) is 49.1 Å². The highest BCUT2D eigenvalue weighted by atomic mass is 16.2. The van der Waals surface area contributed by atoms with E-state index >= 15 is 0 Å². The second kappa shape index (κ2) is 12.4. The van der Waals surface area contributed by atoms with Gasteiger partial charge in [-0.05, 0) is 54.1 Å². The quantitative estimate of drug-likeness (QED) is 0.376. The number of nitrogens with zero attached hydrogens (tertiary/aromatic N) is 3. The van der Waals surface area contributed by atoms with Gasteiger partial charge in [0.25, 0.3) is 5.91 Å². The minimum atomic E-state index is -0.670. The van der Waals surface area contributed by atoms with Crippen molar-refractivity contribution in [3.8, 4) is 0 Å². The first-order valence-electron chi connectivity index (χ1n) is 15.8. The van der Waals surface area contributed by atoms with Crippen molar-refractivity contribution in [3.05, 3.63) is 35.4 Å². The van der Waals surface area contributed by atoms with Crippen LogP contribution in [-0.4, -0.2) is 39.7 Å². The molecule has 39 heavy (non-hydrogen) atoms. The van der Waals surface area contributed by atoms with Gasteiger partial charge in [0.1, 0.15) is 5.54 Å². The van der Waals surface area contributed by atoms with Crippen LogP contribution in [-0.2, 0) is 22.7 Å². The molecule has 0 bridgehead atoms. The molecule has 0 unspecified atom stereocenters. The van der Waals surface area contributed by atoms with Gasteiger partial charge >= 0.3 is 0 Å². The number of benzene rings is 1. The number of amides is 2. The van der Waals surface area contributed by atoms with Crippen LogP contribution in [0.2, 0.25) is 0 Å². The Morgan fingerprint density at radius 1 is 0.846 bits per heavy atom. The maximum atomic E-state index is 14.1. The highest BCUT2D eigenvalue weighted by Crippen LogP contribution is 2.42. The van der Waals surface area contributed by atoms with Crippen LogP contribution >= 0.6 is 0 Å². The number of hydrogen-bond donors (Lipinski definition) is 1. The molecular weight excluding hydrogens is 484 g/mol. The number of nitrogens with two attached hydrogens (primary N) is 1. The minimum Gasteiger partial charge on any atom is -0.369 e. The van der Waals surface area contributed by atoms with Crippen LogP contribution in [0.3, 0.4) is 0 Å². The van der Waals surface area contributed by atoms with Crippen molar-refractivity contribution in [1.29, 1.82) is 0 Å². The summed E-state index contributed by atoms with van der Waals surface area (Å²) in [5.41, 5.74) is 8.04. The van der Waals surface area contributed by atoms with Crippen LogP contribution in [0.5, 0.6) is 0 Å². The summed E-state index contributed by atoms with van der Waals surface area (Å²) in [4.78, 5) is 35.4. The maximum absolute atomic E-state index is 14.1. The van der Waals surface area contributed by atoms with Gasteiger partial charge < -0.3 is 10.6 Å². The van der Waals surface area contributed by atoms with Crippen molar-refractivity contribution in [3.63, 3.8) is 0 Å². The van der Waals surface area contributed by atoms with E-state index in [1.54, 1.807) is 4.90 Å². The summed E-state index contributed by atoms with van der Waals surface area (Å²) in [5.74, 6) is 3.04. The normalized spacial score (nSPS) is 24.7. The van der Waals surface area contributed by atoms with Gasteiger partial charge in [-0.1, -0.05) is 102 Å². The average molecular weight is 535 g/mol. The molecule has 2 heterocycles. The molecule has 1 saturated heterocycles. The van der Waals surface area contributed by atoms with Crippen molar-refractivity contribution >= 4 is 17.8 Å². The summed E-state index contributed by atoms with van der Waals surface area (Å²) in [6.07, 6.45) is 16.1. The number of aliphatic imine (C=N–C) groups is 1. The van der Waals surface area contributed by atoms with Crippen LogP contribution in [0.25, 0.3) is 0 Å². The molecule has 6 nitrogen and oxygen atoms in total. The molecule has 6 heteroatoms. The monoisotopic (exact) mass is 534 g/mol. The van der Waals surface area contributed by atoms with Crippen LogP contribution < -0.4 is 5.73 Å². The summed E-state index contributed by atoms with van der Waals surface area (Å²) in [5, 5.41) is 0. The van der Waals surface area contributed by atoms with Gasteiger partial charge in [0.05, 0.1) is 6.54 Å². The molecule has 2 amide bonds. The molecule has 4 aliphatic rings. The lowest BCUT2D eigenvalue weighted by molar-refractivity contribution is -0.133. The molecule has 5 rings (SSSR count). The fourth-order valence-corrected chi connectivity index (χ4v) is 7.91. The van der Waals surface area contributed by atoms with Crippen molar-refractivity contribution in [1.82, 2.24) is 9.80 Å². The van der Waals surface area contributed by atoms with E-state index in [9.17, 15) is 9.59 Å². The molecule has 1 aromatic rings. The SMILES string of the molecule is CC(C)C[C@@H]1CC(=O)N(Cc2ccc(CN3C(=O)C(CC4CCCCC4)(CC4CCCCC4)N=C3N)cc2)C1. The summed E-state index contributed by atoms with van der Waals surface area (Å²) in [7, 11) is 0. The molecule has 2 saturated carbocycles. The average Bonchev–Trinajstić information content (AvgIpc) is 3.36. The van der Waals surface area contributed by atoms with E-state index in [1.165, 1.54) is 64.2 Å². The number of carbonyl (C=O) groups excluding carboxylic acids is 2. The van der Waals surface area contributed by atoms with Gasteiger partial charge in [-0.3, -0.25) is 14.5 Å². The van der Waals surface area contributed by atoms with E-state index in [4.69, 9.17) is 10.7 Å². The molecule has 1 aromatic carbocycles. The van der Waals surface area contributed by atoms with Crippen LogP contribution in [0, 0.1) is 23.7 Å². The third-order valence-corrected chi connectivity index (χ3v) is 9.79. The van der Waals surface area contributed by atoms with Crippen molar-refractivity contribution in [2.24, 2.45) is 34.4 Å². The molecule has 2 aliphatic carbocycles. The van der Waals surface area contributed by atoms with Gasteiger partial charge in [-0.2, -0.15) is 0 Å². The first-order chi connectivity index (χ1) is 18.8. The maximum Gasteiger partial charge on any atom is 0.257 e. The highest BCUT2D eigenvalue weighted by molar-refractivity contribution is 6.06. The van der Waals surface area contributed by atoms with E-state index < -0.39 is 5.54 Å². The Kier molecular flexibility index (Phi) is 8.98. The zero-order valence-corrected chi connectivity index (χ0v) is 24.4. The Balaban J connectivity index is 1.24. The topological polar surface area (TPSA) is 79.0 Å². The highest BCUT2D eigenvalue weighted by Gasteiger charge is 2.49. The van der Waals surface area contributed by atoms with Gasteiger partial charge in [0, 0.05) is 19.5 Å². The summed E-state index contributed by atoms with van der Waals surface area (Å²) < 4.78 is 0. The number of hydrogen-bond acceptors (Lipinski definition) is 4. The predicted octanol–water partition coefficient (Wildman–Crippen LogP) is 6.42. The third kappa shape index (κ3) is 6.86. The lowest BCUT2D eigenvalue weighted by Gasteiger charge is -2.35. The first-order valence-corrected chi connectivity index (χ1v) is 15.8. The van der Waals surface area contributed by atoms with Gasteiger partial charge in [0.2, 0.25) is 5.91 Å². The first kappa shape index (κ1) is 28.2. The van der Waals surface area contributed by atoms with Crippen LogP contribution in [0.1, 0.15) is 115 Å². The summed E-state index contributed by atoms with van der Waals surface area (Å²) in [6, 6.07) is 8.38. The molecule has 0 aromatic heterocycles. The Labute approximate surface area is 235 Å². The second-order valence-corrected chi connectivity index (χ2v) is 13.6. The van der Waals surface area contributed by atoms with Crippen LogP contribution in [0.15, 0.2) is 29.3 Å². The smallest absolute Gasteiger partial charge is 0.257 e. The molecule has 0 radical (unpaired) electrons. The van der Waals surface area contributed by atoms with Crippen molar-refractivity contribution < 1.29 is 9.59 Å². The zero-order chi connectivity index (χ0) is 27.4. The lowest BCUT2D eigenvalue weighted by atomic mass is 9.73. The molecular formula is C33H50N4O2. The number of guanidine groups is 1. The molecule has 0 spiro atoms. The second-order valence-electron chi connectivity index (χ2n) is 13.6. The van der Waals surface area contributed by atoms with E-state index in [-0.39, 0.29) is 11.8 Å². The molecule has 2 aliphatic heterocycles. The Morgan fingerprint density at radius 2 is 1.38 bits per heavy atom. The summed E-state index contributed by atoms with van der Waals surface area (Å²) >= 11 is 0. The van der Waals surface area contributed by atoms with E-state index in [2.05, 4.69) is 38.1 Å². The lowest BCUT2D eigenvalue weighted by Crippen LogP contribution is -2.46. The van der Waals surface area contributed by atoms with Gasteiger partial charge in [0.15, 0.2) is 5.96 Å². The van der Waals surface area contributed by atoms with Crippen molar-refractivity contribution in [2.45, 2.75) is 122 Å². The van der Waals surface area contributed by atoms with Crippen LogP contribution in [0.4, 0.5) is 0 Å². The third-order valence-electron chi connectivity index (χ3n) is 9.79. The largest absolute Gasteiger partial charge is 0.369 e. The standard InChI is InChI=1S/C33H50N4O2/c1-24(2)17-29-18-30(38)36(22-29)21-27-13-15-28(16-14-27)23-37-31(39)33(35-32(37)34,19-25-9-5-3-6-10-25)20-26-11-7-4-8-12-26/h13-16,24-26,29H,3-12,17-23H2,1-2H3,(H2,34,35)/t29-/m1/s1. The minimum absolute atomic E-state index is 0.124. The van der Waals surface area contributed by atoms with E-state index in [1.807, 2.05) is 4.90 Å². The zero-order valence-electron chi connectivity index (χ0n) is 24.4. The Bertz CT molecular complexity index is 1000. The fraction of sp³-hybridized carbons (Fsp3) is 0.727. The number of carbonyl (C=O) groups is 2. The van der Waals surface area contributed by atoms with Gasteiger partial charge in [-0.25, -0.2) is 4.99 Å².